The Hall–Kier alpha value is -2.17. The topological polar surface area (TPSA) is 50.8 Å². The molecule has 5 heteroatoms. The van der Waals surface area contributed by atoms with Crippen molar-refractivity contribution in [2.24, 2.45) is 0 Å². The smallest absolute Gasteiger partial charge is 0.138 e. The van der Waals surface area contributed by atoms with Crippen LogP contribution < -0.4 is 0 Å². The molecule has 21 heavy (non-hydrogen) atoms. The minimum absolute atomic E-state index is 0.446. The molecule has 0 aliphatic carbocycles. The molecule has 0 saturated carbocycles. The van der Waals surface area contributed by atoms with Crippen molar-refractivity contribution in [1.82, 2.24) is 15.0 Å². The molecule has 106 valence electrons. The van der Waals surface area contributed by atoms with Gasteiger partial charge >= 0.3 is 0 Å². The van der Waals surface area contributed by atoms with Crippen molar-refractivity contribution in [3.8, 4) is 22.6 Å². The number of rotatable bonds is 4. The zero-order chi connectivity index (χ0) is 14.7. The number of aromatic amines is 1. The monoisotopic (exact) mass is 299 g/mol. The molecule has 0 amide bonds. The molecular formula is C16H14ClN3O. The molecule has 3 rings (SSSR count). The predicted molar refractivity (Wildman–Crippen MR) is 83.0 cm³/mol. The first-order chi connectivity index (χ1) is 10.3. The van der Waals surface area contributed by atoms with Gasteiger partial charge in [-0.15, -0.1) is 0 Å². The third kappa shape index (κ3) is 2.96. The Morgan fingerprint density at radius 3 is 2.43 bits per heavy atom. The number of hydrogen-bond donors (Lipinski definition) is 1. The molecule has 0 atom stereocenters. The second kappa shape index (κ2) is 6.08. The van der Waals surface area contributed by atoms with Crippen LogP contribution in [0.2, 0.25) is 5.02 Å². The number of halogens is 1. The van der Waals surface area contributed by atoms with Crippen molar-refractivity contribution >= 4 is 11.6 Å². The van der Waals surface area contributed by atoms with Gasteiger partial charge in [-0.25, -0.2) is 4.98 Å². The summed E-state index contributed by atoms with van der Waals surface area (Å²) in [6.45, 7) is 0.446. The van der Waals surface area contributed by atoms with Gasteiger partial charge in [0.25, 0.3) is 0 Å². The Morgan fingerprint density at radius 2 is 1.76 bits per heavy atom. The van der Waals surface area contributed by atoms with Crippen LogP contribution in [0.5, 0.6) is 0 Å². The van der Waals surface area contributed by atoms with Crippen LogP contribution in [0.15, 0.2) is 48.8 Å². The van der Waals surface area contributed by atoms with Crippen molar-refractivity contribution in [3.63, 3.8) is 0 Å². The van der Waals surface area contributed by atoms with Crippen LogP contribution in [0.1, 0.15) is 5.69 Å². The van der Waals surface area contributed by atoms with Gasteiger partial charge in [0.1, 0.15) is 5.82 Å². The van der Waals surface area contributed by atoms with Crippen LogP contribution in [0, 0.1) is 0 Å². The average molecular weight is 300 g/mol. The summed E-state index contributed by atoms with van der Waals surface area (Å²) >= 11 is 5.92. The van der Waals surface area contributed by atoms with Crippen LogP contribution in [-0.2, 0) is 11.3 Å². The lowest BCUT2D eigenvalue weighted by Crippen LogP contribution is -1.91. The lowest BCUT2D eigenvalue weighted by Gasteiger charge is -2.00. The Kier molecular flexibility index (Phi) is 3.99. The second-order valence-corrected chi connectivity index (χ2v) is 5.02. The maximum absolute atomic E-state index is 5.92. The molecule has 2 aromatic heterocycles. The molecule has 0 aliphatic rings. The Labute approximate surface area is 127 Å². The van der Waals surface area contributed by atoms with E-state index in [-0.39, 0.29) is 0 Å². The fourth-order valence-corrected chi connectivity index (χ4v) is 2.28. The van der Waals surface area contributed by atoms with E-state index in [9.17, 15) is 0 Å². The molecule has 2 heterocycles. The molecule has 3 aromatic rings. The predicted octanol–water partition coefficient (Wildman–Crippen LogP) is 3.94. The lowest BCUT2D eigenvalue weighted by atomic mass is 10.1. The third-order valence-electron chi connectivity index (χ3n) is 3.15. The largest absolute Gasteiger partial charge is 0.378 e. The molecule has 0 radical (unpaired) electrons. The van der Waals surface area contributed by atoms with Gasteiger partial charge in [-0.1, -0.05) is 11.6 Å². The molecule has 0 fully saturated rings. The van der Waals surface area contributed by atoms with E-state index in [0.717, 1.165) is 28.3 Å². The van der Waals surface area contributed by atoms with Gasteiger partial charge in [-0.3, -0.25) is 4.98 Å². The number of imidazole rings is 1. The molecule has 1 N–H and O–H groups in total. The molecular weight excluding hydrogens is 286 g/mol. The van der Waals surface area contributed by atoms with Gasteiger partial charge in [-0.2, -0.15) is 0 Å². The first-order valence-corrected chi connectivity index (χ1v) is 6.90. The third-order valence-corrected chi connectivity index (χ3v) is 3.40. The van der Waals surface area contributed by atoms with Crippen molar-refractivity contribution < 1.29 is 4.74 Å². The van der Waals surface area contributed by atoms with Crippen LogP contribution in [0.4, 0.5) is 0 Å². The maximum atomic E-state index is 5.92. The van der Waals surface area contributed by atoms with E-state index < -0.39 is 0 Å². The second-order valence-electron chi connectivity index (χ2n) is 4.58. The standard InChI is InChI=1S/C16H14ClN3O/c1-21-10-14-15(11-6-8-18-9-7-11)20-16(19-14)12-2-4-13(17)5-3-12/h2-9H,10H2,1H3,(H,19,20). The SMILES string of the molecule is COCc1nc(-c2ccc(Cl)cc2)[nH]c1-c1ccncc1. The summed E-state index contributed by atoms with van der Waals surface area (Å²) in [5.41, 5.74) is 3.83. The van der Waals surface area contributed by atoms with E-state index in [1.165, 1.54) is 0 Å². The number of nitrogens with zero attached hydrogens (tertiary/aromatic N) is 2. The molecule has 0 bridgehead atoms. The van der Waals surface area contributed by atoms with Crippen LogP contribution in [0.3, 0.4) is 0 Å². The van der Waals surface area contributed by atoms with Gasteiger partial charge in [0.2, 0.25) is 0 Å². The number of hydrogen-bond acceptors (Lipinski definition) is 3. The van der Waals surface area contributed by atoms with Crippen LogP contribution >= 0.6 is 11.6 Å². The lowest BCUT2D eigenvalue weighted by molar-refractivity contribution is 0.182. The van der Waals surface area contributed by atoms with E-state index in [2.05, 4.69) is 15.0 Å². The Morgan fingerprint density at radius 1 is 1.05 bits per heavy atom. The highest BCUT2D eigenvalue weighted by Crippen LogP contribution is 2.26. The van der Waals surface area contributed by atoms with Gasteiger partial charge in [0.15, 0.2) is 0 Å². The van der Waals surface area contributed by atoms with E-state index in [1.807, 2.05) is 36.4 Å². The van der Waals surface area contributed by atoms with Crippen LogP contribution in [-0.4, -0.2) is 22.1 Å². The van der Waals surface area contributed by atoms with Crippen molar-refractivity contribution in [3.05, 3.63) is 59.5 Å². The maximum Gasteiger partial charge on any atom is 0.138 e. The molecule has 0 spiro atoms. The fraction of sp³-hybridized carbons (Fsp3) is 0.125. The van der Waals surface area contributed by atoms with Gasteiger partial charge in [0.05, 0.1) is 18.0 Å². The number of pyridine rings is 1. The summed E-state index contributed by atoms with van der Waals surface area (Å²) in [6, 6.07) is 11.5. The van der Waals surface area contributed by atoms with E-state index in [4.69, 9.17) is 16.3 Å². The summed E-state index contributed by atoms with van der Waals surface area (Å²) in [6.07, 6.45) is 3.52. The fourth-order valence-electron chi connectivity index (χ4n) is 2.15. The van der Waals surface area contributed by atoms with Gasteiger partial charge in [-0.05, 0) is 36.4 Å². The molecule has 0 unspecified atom stereocenters. The molecule has 1 aromatic carbocycles. The quantitative estimate of drug-likeness (QED) is 0.794. The molecule has 0 saturated heterocycles. The van der Waals surface area contributed by atoms with E-state index in [1.54, 1.807) is 19.5 Å². The number of ether oxygens (including phenoxy) is 1. The zero-order valence-electron chi connectivity index (χ0n) is 11.5. The van der Waals surface area contributed by atoms with E-state index in [0.29, 0.717) is 11.6 Å². The van der Waals surface area contributed by atoms with Crippen LogP contribution in [0.25, 0.3) is 22.6 Å². The summed E-state index contributed by atoms with van der Waals surface area (Å²) < 4.78 is 5.24. The zero-order valence-corrected chi connectivity index (χ0v) is 12.3. The highest BCUT2D eigenvalue weighted by atomic mass is 35.5. The summed E-state index contributed by atoms with van der Waals surface area (Å²) in [4.78, 5) is 12.0. The highest BCUT2D eigenvalue weighted by molar-refractivity contribution is 6.30. The Balaban J connectivity index is 2.06. The number of aromatic nitrogens is 3. The first-order valence-electron chi connectivity index (χ1n) is 6.52. The summed E-state index contributed by atoms with van der Waals surface area (Å²) in [5, 5.41) is 0.705. The summed E-state index contributed by atoms with van der Waals surface area (Å²) in [5.74, 6) is 0.797. The number of methoxy groups -OCH3 is 1. The number of benzene rings is 1. The van der Waals surface area contributed by atoms with Gasteiger partial charge in [0, 0.05) is 35.7 Å². The minimum Gasteiger partial charge on any atom is -0.378 e. The van der Waals surface area contributed by atoms with Crippen molar-refractivity contribution in [2.75, 3.05) is 7.11 Å². The minimum atomic E-state index is 0.446. The first kappa shape index (κ1) is 13.8. The van der Waals surface area contributed by atoms with Crippen molar-refractivity contribution in [2.45, 2.75) is 6.61 Å². The normalized spacial score (nSPS) is 10.8. The van der Waals surface area contributed by atoms with Gasteiger partial charge < -0.3 is 9.72 Å². The average Bonchev–Trinajstić information content (AvgIpc) is 2.93. The summed E-state index contributed by atoms with van der Waals surface area (Å²) in [7, 11) is 1.66. The van der Waals surface area contributed by atoms with E-state index >= 15 is 0 Å². The molecule has 4 nitrogen and oxygen atoms in total. The molecule has 0 aliphatic heterocycles. The van der Waals surface area contributed by atoms with Crippen molar-refractivity contribution in [1.29, 1.82) is 0 Å². The highest BCUT2D eigenvalue weighted by Gasteiger charge is 2.13. The number of nitrogens with one attached hydrogen (secondary N) is 1. The number of H-pyrrole nitrogens is 1. The Bertz CT molecular complexity index is 723.